The van der Waals surface area contributed by atoms with Gasteiger partial charge in [-0.3, -0.25) is 14.4 Å². The van der Waals surface area contributed by atoms with Gasteiger partial charge in [0, 0.05) is 37.4 Å². The summed E-state index contributed by atoms with van der Waals surface area (Å²) in [6.45, 7) is 3.29. The third-order valence-electron chi connectivity index (χ3n) is 5.56. The van der Waals surface area contributed by atoms with E-state index in [9.17, 15) is 14.4 Å². The van der Waals surface area contributed by atoms with Crippen LogP contribution in [0.5, 0.6) is 0 Å². The minimum atomic E-state index is -0.396. The molecule has 1 aromatic heterocycles. The van der Waals surface area contributed by atoms with Gasteiger partial charge >= 0.3 is 0 Å². The maximum absolute atomic E-state index is 12.4. The highest BCUT2D eigenvalue weighted by molar-refractivity contribution is 7.14. The number of fused-ring (bicyclic) bond motifs is 2. The number of hydrogen-bond donors (Lipinski definition) is 2. The molecule has 7 nitrogen and oxygen atoms in total. The first-order chi connectivity index (χ1) is 13.0. The summed E-state index contributed by atoms with van der Waals surface area (Å²) in [7, 11) is 0. The van der Waals surface area contributed by atoms with Gasteiger partial charge in [0.05, 0.1) is 23.6 Å². The van der Waals surface area contributed by atoms with Crippen molar-refractivity contribution in [3.63, 3.8) is 0 Å². The summed E-state index contributed by atoms with van der Waals surface area (Å²) in [6, 6.07) is 2.35. The second-order valence-electron chi connectivity index (χ2n) is 7.58. The molecule has 1 aliphatic carbocycles. The molecule has 3 amide bonds. The van der Waals surface area contributed by atoms with E-state index in [-0.39, 0.29) is 24.3 Å². The van der Waals surface area contributed by atoms with Gasteiger partial charge < -0.3 is 20.3 Å². The Hall–Kier alpha value is -1.93. The van der Waals surface area contributed by atoms with Gasteiger partial charge in [0.1, 0.15) is 0 Å². The van der Waals surface area contributed by atoms with Crippen LogP contribution in [0.3, 0.4) is 0 Å². The maximum Gasteiger partial charge on any atom is 0.261 e. The fraction of sp³-hybridized carbons (Fsp3) is 0.632. The number of nitrogens with one attached hydrogen (secondary N) is 2. The lowest BCUT2D eigenvalue weighted by atomic mass is 9.82. The van der Waals surface area contributed by atoms with Gasteiger partial charge in [-0.25, -0.2) is 0 Å². The molecule has 1 spiro atoms. The SMILES string of the molecule is CC(=O)NCC(=O)N1CCC2(CC1)OCCc1sc(C(=O)NC3CC3)cc12. The molecule has 2 aliphatic heterocycles. The van der Waals surface area contributed by atoms with E-state index in [1.165, 1.54) is 11.8 Å². The summed E-state index contributed by atoms with van der Waals surface area (Å²) >= 11 is 1.58. The number of ether oxygens (including phenoxy) is 1. The predicted octanol–water partition coefficient (Wildman–Crippen LogP) is 1.17. The lowest BCUT2D eigenvalue weighted by molar-refractivity contribution is -0.140. The molecule has 2 fully saturated rings. The highest BCUT2D eigenvalue weighted by Crippen LogP contribution is 2.44. The normalized spacial score (nSPS) is 20.9. The molecule has 146 valence electrons. The highest BCUT2D eigenvalue weighted by atomic mass is 32.1. The Morgan fingerprint density at radius 2 is 2.04 bits per heavy atom. The van der Waals surface area contributed by atoms with E-state index in [1.807, 2.05) is 6.07 Å². The van der Waals surface area contributed by atoms with E-state index < -0.39 is 5.60 Å². The first-order valence-electron chi connectivity index (χ1n) is 9.57. The number of likely N-dealkylation sites (tertiary alicyclic amines) is 1. The molecule has 3 heterocycles. The molecule has 2 N–H and O–H groups in total. The van der Waals surface area contributed by atoms with Gasteiger partial charge in [0.2, 0.25) is 11.8 Å². The quantitative estimate of drug-likeness (QED) is 0.807. The van der Waals surface area contributed by atoms with E-state index in [1.54, 1.807) is 16.2 Å². The standard InChI is InChI=1S/C19H25N3O4S/c1-12(23)20-11-17(24)22-7-5-19(6-8-22)14-10-16(18(25)21-13-2-3-13)27-15(14)4-9-26-19/h10,13H,2-9,11H2,1H3,(H,20,23)(H,21,25). The number of nitrogens with zero attached hydrogens (tertiary/aromatic N) is 1. The van der Waals surface area contributed by atoms with Crippen LogP contribution in [0, 0.1) is 0 Å². The molecule has 1 saturated heterocycles. The largest absolute Gasteiger partial charge is 0.370 e. The highest BCUT2D eigenvalue weighted by Gasteiger charge is 2.43. The zero-order chi connectivity index (χ0) is 19.0. The monoisotopic (exact) mass is 391 g/mol. The molecule has 0 unspecified atom stereocenters. The zero-order valence-electron chi connectivity index (χ0n) is 15.5. The first kappa shape index (κ1) is 18.4. The topological polar surface area (TPSA) is 87.7 Å². The van der Waals surface area contributed by atoms with E-state index in [2.05, 4.69) is 10.6 Å². The number of hydrogen-bond acceptors (Lipinski definition) is 5. The summed E-state index contributed by atoms with van der Waals surface area (Å²) in [6.07, 6.45) is 4.42. The lowest BCUT2D eigenvalue weighted by Gasteiger charge is -2.44. The maximum atomic E-state index is 12.4. The van der Waals surface area contributed by atoms with Crippen molar-refractivity contribution in [1.82, 2.24) is 15.5 Å². The molecule has 0 atom stereocenters. The summed E-state index contributed by atoms with van der Waals surface area (Å²) in [5.74, 6) is -0.242. The Balaban J connectivity index is 1.44. The fourth-order valence-corrected chi connectivity index (χ4v) is 4.99. The molecule has 3 aliphatic rings. The number of thiophene rings is 1. The van der Waals surface area contributed by atoms with Crippen LogP contribution in [0.15, 0.2) is 6.07 Å². The Labute approximate surface area is 162 Å². The minimum absolute atomic E-state index is 0.0231. The molecule has 0 aromatic carbocycles. The number of carbonyl (C=O) groups is 3. The summed E-state index contributed by atoms with van der Waals surface area (Å²) in [5, 5.41) is 5.62. The van der Waals surface area contributed by atoms with E-state index in [4.69, 9.17) is 4.74 Å². The van der Waals surface area contributed by atoms with Gasteiger partial charge in [-0.2, -0.15) is 0 Å². The van der Waals surface area contributed by atoms with Crippen molar-refractivity contribution < 1.29 is 19.1 Å². The zero-order valence-corrected chi connectivity index (χ0v) is 16.3. The van der Waals surface area contributed by atoms with Crippen LogP contribution in [0.2, 0.25) is 0 Å². The van der Waals surface area contributed by atoms with Crippen LogP contribution in [0.1, 0.15) is 52.7 Å². The van der Waals surface area contributed by atoms with Crippen LogP contribution < -0.4 is 10.6 Å². The Morgan fingerprint density at radius 1 is 1.30 bits per heavy atom. The van der Waals surface area contributed by atoms with Gasteiger partial charge in [-0.1, -0.05) is 0 Å². The van der Waals surface area contributed by atoms with Crippen LogP contribution >= 0.6 is 11.3 Å². The number of piperidine rings is 1. The summed E-state index contributed by atoms with van der Waals surface area (Å²) in [4.78, 5) is 39.5. The molecule has 4 rings (SSSR count). The Morgan fingerprint density at radius 3 is 2.70 bits per heavy atom. The van der Waals surface area contributed by atoms with Gasteiger partial charge in [0.15, 0.2) is 0 Å². The number of rotatable bonds is 4. The number of amides is 3. The minimum Gasteiger partial charge on any atom is -0.370 e. The second kappa shape index (κ2) is 7.24. The smallest absolute Gasteiger partial charge is 0.261 e. The van der Waals surface area contributed by atoms with Crippen molar-refractivity contribution in [3.05, 3.63) is 21.4 Å². The van der Waals surface area contributed by atoms with E-state index >= 15 is 0 Å². The molecule has 0 bridgehead atoms. The molecule has 1 aromatic rings. The Bertz CT molecular complexity index is 763. The lowest BCUT2D eigenvalue weighted by Crippen LogP contribution is -2.50. The molecular formula is C19H25N3O4S. The van der Waals surface area contributed by atoms with E-state index in [0.717, 1.165) is 29.7 Å². The average molecular weight is 391 g/mol. The fourth-order valence-electron chi connectivity index (χ4n) is 3.86. The molecule has 1 saturated carbocycles. The van der Waals surface area contributed by atoms with Crippen molar-refractivity contribution in [2.75, 3.05) is 26.2 Å². The summed E-state index contributed by atoms with van der Waals surface area (Å²) in [5.41, 5.74) is 0.737. The van der Waals surface area contributed by atoms with E-state index in [0.29, 0.717) is 38.6 Å². The third-order valence-corrected chi connectivity index (χ3v) is 6.75. The molecule has 8 heteroatoms. The molecular weight excluding hydrogens is 366 g/mol. The predicted molar refractivity (Wildman–Crippen MR) is 101 cm³/mol. The van der Waals surface area contributed by atoms with Crippen molar-refractivity contribution in [1.29, 1.82) is 0 Å². The van der Waals surface area contributed by atoms with Gasteiger partial charge in [-0.15, -0.1) is 11.3 Å². The van der Waals surface area contributed by atoms with Crippen molar-refractivity contribution in [2.24, 2.45) is 0 Å². The van der Waals surface area contributed by atoms with Crippen LogP contribution in [-0.4, -0.2) is 54.9 Å². The van der Waals surface area contributed by atoms with Crippen LogP contribution in [-0.2, 0) is 26.3 Å². The van der Waals surface area contributed by atoms with Crippen LogP contribution in [0.25, 0.3) is 0 Å². The summed E-state index contributed by atoms with van der Waals surface area (Å²) < 4.78 is 6.21. The Kier molecular flexibility index (Phi) is 4.94. The third kappa shape index (κ3) is 3.87. The van der Waals surface area contributed by atoms with Gasteiger partial charge in [-0.05, 0) is 37.3 Å². The second-order valence-corrected chi connectivity index (χ2v) is 8.72. The van der Waals surface area contributed by atoms with Crippen molar-refractivity contribution in [3.8, 4) is 0 Å². The van der Waals surface area contributed by atoms with Gasteiger partial charge in [0.25, 0.3) is 5.91 Å². The van der Waals surface area contributed by atoms with Crippen molar-refractivity contribution >= 4 is 29.1 Å². The average Bonchev–Trinajstić information content (AvgIpc) is 3.34. The van der Waals surface area contributed by atoms with Crippen molar-refractivity contribution in [2.45, 2.75) is 50.7 Å². The molecule has 27 heavy (non-hydrogen) atoms. The van der Waals surface area contributed by atoms with Crippen LogP contribution in [0.4, 0.5) is 0 Å². The number of carbonyl (C=O) groups excluding carboxylic acids is 3. The first-order valence-corrected chi connectivity index (χ1v) is 10.4. The molecule has 0 radical (unpaired) electrons.